The third-order valence-electron chi connectivity index (χ3n) is 2.77. The fourth-order valence-electron chi connectivity index (χ4n) is 1.32. The van der Waals surface area contributed by atoms with Gasteiger partial charge in [-0.2, -0.15) is 0 Å². The van der Waals surface area contributed by atoms with E-state index in [4.69, 9.17) is 0 Å². The van der Waals surface area contributed by atoms with E-state index in [1.54, 1.807) is 25.1 Å². The highest BCUT2D eigenvalue weighted by molar-refractivity contribution is 8.00. The Kier molecular flexibility index (Phi) is 5.62. The monoisotopic (exact) mass is 271 g/mol. The molecule has 0 heterocycles. The van der Waals surface area contributed by atoms with Gasteiger partial charge in [-0.3, -0.25) is 4.79 Å². The second kappa shape index (κ2) is 6.75. The number of carbonyl (C=O) groups is 1. The molecule has 0 spiro atoms. The summed E-state index contributed by atoms with van der Waals surface area (Å²) in [5, 5.41) is 11.9. The lowest BCUT2D eigenvalue weighted by Crippen LogP contribution is -2.49. The van der Waals surface area contributed by atoms with Crippen LogP contribution in [0.25, 0.3) is 0 Å². The Morgan fingerprint density at radius 2 is 2.17 bits per heavy atom. The number of halogens is 1. The zero-order valence-corrected chi connectivity index (χ0v) is 11.4. The summed E-state index contributed by atoms with van der Waals surface area (Å²) < 4.78 is 13.3. The molecule has 0 aliphatic rings. The van der Waals surface area contributed by atoms with E-state index in [-0.39, 0.29) is 24.1 Å². The van der Waals surface area contributed by atoms with Crippen molar-refractivity contribution in [2.24, 2.45) is 0 Å². The molecule has 0 fully saturated rings. The molecule has 1 unspecified atom stereocenters. The molecule has 0 saturated heterocycles. The van der Waals surface area contributed by atoms with E-state index >= 15 is 0 Å². The number of amides is 1. The molecule has 100 valence electrons. The quantitative estimate of drug-likeness (QED) is 0.780. The molecule has 1 amide bonds. The maximum Gasteiger partial charge on any atom is 0.230 e. The van der Waals surface area contributed by atoms with Gasteiger partial charge in [-0.15, -0.1) is 11.8 Å². The first-order chi connectivity index (χ1) is 8.50. The molecule has 5 heteroatoms. The van der Waals surface area contributed by atoms with Crippen LogP contribution in [0.3, 0.4) is 0 Å². The Balaban J connectivity index is 2.50. The number of nitrogens with one attached hydrogen (secondary N) is 1. The Hall–Kier alpha value is -1.07. The largest absolute Gasteiger partial charge is 0.394 e. The van der Waals surface area contributed by atoms with E-state index in [1.165, 1.54) is 6.07 Å². The second-order valence-electron chi connectivity index (χ2n) is 4.34. The fourth-order valence-corrected chi connectivity index (χ4v) is 2.06. The van der Waals surface area contributed by atoms with Gasteiger partial charge in [0.2, 0.25) is 5.91 Å². The number of carbonyl (C=O) groups excluding carboxylic acids is 1. The summed E-state index contributed by atoms with van der Waals surface area (Å²) in [7, 11) is 0. The molecule has 0 radical (unpaired) electrons. The van der Waals surface area contributed by atoms with Crippen LogP contribution in [0.1, 0.15) is 20.3 Å². The van der Waals surface area contributed by atoms with Gasteiger partial charge < -0.3 is 10.4 Å². The highest BCUT2D eigenvalue weighted by Crippen LogP contribution is 2.21. The van der Waals surface area contributed by atoms with Crippen molar-refractivity contribution in [2.45, 2.75) is 30.7 Å². The van der Waals surface area contributed by atoms with Gasteiger partial charge in [-0.25, -0.2) is 4.39 Å². The zero-order chi connectivity index (χ0) is 13.6. The molecule has 3 nitrogen and oxygen atoms in total. The summed E-state index contributed by atoms with van der Waals surface area (Å²) in [6, 6.07) is 6.34. The maximum atomic E-state index is 13.3. The van der Waals surface area contributed by atoms with Crippen molar-refractivity contribution in [1.29, 1.82) is 0 Å². The summed E-state index contributed by atoms with van der Waals surface area (Å²) in [5.41, 5.74) is -0.604. The molecule has 1 aromatic carbocycles. The van der Waals surface area contributed by atoms with Crippen LogP contribution >= 0.6 is 11.8 Å². The van der Waals surface area contributed by atoms with Crippen LogP contribution in [0.4, 0.5) is 4.39 Å². The highest BCUT2D eigenvalue weighted by Gasteiger charge is 2.23. The Labute approximate surface area is 111 Å². The summed E-state index contributed by atoms with van der Waals surface area (Å²) in [6.07, 6.45) is 0.638. The van der Waals surface area contributed by atoms with Crippen LogP contribution in [0.2, 0.25) is 0 Å². The van der Waals surface area contributed by atoms with Gasteiger partial charge in [-0.1, -0.05) is 19.1 Å². The highest BCUT2D eigenvalue weighted by atomic mass is 32.2. The standard InChI is InChI=1S/C13H18FNO2S/c1-3-13(2,9-16)15-12(17)8-18-11-7-5-4-6-10(11)14/h4-7,16H,3,8-9H2,1-2H3,(H,15,17). The molecule has 1 atom stereocenters. The lowest BCUT2D eigenvalue weighted by molar-refractivity contribution is -0.120. The lowest BCUT2D eigenvalue weighted by atomic mass is 10.0. The molecular formula is C13H18FNO2S. The molecule has 1 rings (SSSR count). The second-order valence-corrected chi connectivity index (χ2v) is 5.36. The minimum Gasteiger partial charge on any atom is -0.394 e. The maximum absolute atomic E-state index is 13.3. The molecule has 1 aromatic rings. The molecule has 2 N–H and O–H groups in total. The third-order valence-corrected chi connectivity index (χ3v) is 3.81. The van der Waals surface area contributed by atoms with Gasteiger partial charge >= 0.3 is 0 Å². The number of thioether (sulfide) groups is 1. The van der Waals surface area contributed by atoms with Crippen LogP contribution in [-0.2, 0) is 4.79 Å². The van der Waals surface area contributed by atoms with Crippen LogP contribution < -0.4 is 5.32 Å². The molecule has 18 heavy (non-hydrogen) atoms. The number of hydrogen-bond acceptors (Lipinski definition) is 3. The van der Waals surface area contributed by atoms with Gasteiger partial charge in [0, 0.05) is 4.90 Å². The normalized spacial score (nSPS) is 14.0. The van der Waals surface area contributed by atoms with Gasteiger partial charge in [0.1, 0.15) is 5.82 Å². The third kappa shape index (κ3) is 4.31. The van der Waals surface area contributed by atoms with E-state index in [1.807, 2.05) is 6.92 Å². The van der Waals surface area contributed by atoms with E-state index in [2.05, 4.69) is 5.32 Å². The van der Waals surface area contributed by atoms with Crippen LogP contribution in [-0.4, -0.2) is 28.9 Å². The average molecular weight is 271 g/mol. The smallest absolute Gasteiger partial charge is 0.230 e. The Morgan fingerprint density at radius 1 is 1.50 bits per heavy atom. The minimum absolute atomic E-state index is 0.112. The van der Waals surface area contributed by atoms with E-state index in [9.17, 15) is 14.3 Å². The summed E-state index contributed by atoms with van der Waals surface area (Å²) in [6.45, 7) is 3.55. The molecule has 0 saturated carbocycles. The van der Waals surface area contributed by atoms with E-state index < -0.39 is 5.54 Å². The Morgan fingerprint density at radius 3 is 2.72 bits per heavy atom. The van der Waals surface area contributed by atoms with Gasteiger partial charge in [-0.05, 0) is 25.5 Å². The molecule has 0 bridgehead atoms. The van der Waals surface area contributed by atoms with Crippen molar-refractivity contribution in [3.05, 3.63) is 30.1 Å². The van der Waals surface area contributed by atoms with E-state index in [0.29, 0.717) is 11.3 Å². The van der Waals surface area contributed by atoms with Gasteiger partial charge in [0.05, 0.1) is 17.9 Å². The predicted molar refractivity (Wildman–Crippen MR) is 71.0 cm³/mol. The van der Waals surface area contributed by atoms with Crippen molar-refractivity contribution in [3.63, 3.8) is 0 Å². The van der Waals surface area contributed by atoms with Crippen molar-refractivity contribution in [2.75, 3.05) is 12.4 Å². The fraction of sp³-hybridized carbons (Fsp3) is 0.462. The number of benzene rings is 1. The topological polar surface area (TPSA) is 49.3 Å². The molecule has 0 aliphatic carbocycles. The number of rotatable bonds is 6. The Bertz CT molecular complexity index is 408. The van der Waals surface area contributed by atoms with E-state index in [0.717, 1.165) is 11.8 Å². The molecule has 0 aromatic heterocycles. The van der Waals surface area contributed by atoms with Crippen molar-refractivity contribution < 1.29 is 14.3 Å². The van der Waals surface area contributed by atoms with Crippen molar-refractivity contribution in [1.82, 2.24) is 5.32 Å². The lowest BCUT2D eigenvalue weighted by Gasteiger charge is -2.27. The number of aliphatic hydroxyl groups is 1. The number of aliphatic hydroxyl groups excluding tert-OH is 1. The number of hydrogen-bond donors (Lipinski definition) is 2. The average Bonchev–Trinajstić information content (AvgIpc) is 2.37. The van der Waals surface area contributed by atoms with Gasteiger partial charge in [0.25, 0.3) is 0 Å². The van der Waals surface area contributed by atoms with Crippen LogP contribution in [0.5, 0.6) is 0 Å². The first-order valence-electron chi connectivity index (χ1n) is 5.80. The van der Waals surface area contributed by atoms with Crippen LogP contribution in [0.15, 0.2) is 29.2 Å². The predicted octanol–water partition coefficient (Wildman–Crippen LogP) is 2.20. The van der Waals surface area contributed by atoms with Gasteiger partial charge in [0.15, 0.2) is 0 Å². The summed E-state index contributed by atoms with van der Waals surface area (Å²) in [4.78, 5) is 12.1. The first kappa shape index (κ1) is 15.0. The molecular weight excluding hydrogens is 253 g/mol. The minimum atomic E-state index is -0.604. The summed E-state index contributed by atoms with van der Waals surface area (Å²) in [5.74, 6) is -0.395. The van der Waals surface area contributed by atoms with Crippen molar-refractivity contribution >= 4 is 17.7 Å². The molecule has 0 aliphatic heterocycles. The SMILES string of the molecule is CCC(C)(CO)NC(=O)CSc1ccccc1F. The zero-order valence-electron chi connectivity index (χ0n) is 10.6. The first-order valence-corrected chi connectivity index (χ1v) is 6.78. The summed E-state index contributed by atoms with van der Waals surface area (Å²) >= 11 is 1.15. The van der Waals surface area contributed by atoms with Crippen LogP contribution in [0, 0.1) is 5.82 Å². The van der Waals surface area contributed by atoms with Crippen molar-refractivity contribution in [3.8, 4) is 0 Å².